The van der Waals surface area contributed by atoms with Gasteiger partial charge in [-0.15, -0.1) is 11.3 Å². The third-order valence-corrected chi connectivity index (χ3v) is 4.86. The van der Waals surface area contributed by atoms with Crippen molar-refractivity contribution < 1.29 is 40.9 Å². The fourth-order valence-electron chi connectivity index (χ4n) is 2.45. The SMILES string of the molecule is COC(=O)c1ccc(C(=O)NNC(=O)c2ccc[n+](CC(=O)c3cccs3)c2)cn1.[Cl-]. The standard InChI is InChI=1S/C20H16N4O5S.ClH/c1-29-20(28)15-7-6-13(10-21-15)18(26)22-23-19(27)14-4-2-8-24(11-14)12-16(25)17-5-3-9-30-17;/h2-11H,12H2,1H3,(H-,21,22,23,26,27,28);1H. The van der Waals surface area contributed by atoms with Gasteiger partial charge in [-0.25, -0.2) is 9.78 Å². The number of hydrazine groups is 1. The lowest BCUT2D eigenvalue weighted by molar-refractivity contribution is -0.683. The van der Waals surface area contributed by atoms with Crippen LogP contribution in [0.25, 0.3) is 0 Å². The maximum absolute atomic E-state index is 12.3. The largest absolute Gasteiger partial charge is 1.00 e. The number of hydrogen-bond donors (Lipinski definition) is 2. The zero-order chi connectivity index (χ0) is 21.5. The van der Waals surface area contributed by atoms with E-state index in [1.807, 2.05) is 5.38 Å². The van der Waals surface area contributed by atoms with Crippen molar-refractivity contribution in [3.8, 4) is 0 Å². The molecule has 0 aliphatic carbocycles. The Morgan fingerprint density at radius 1 is 1.03 bits per heavy atom. The summed E-state index contributed by atoms with van der Waals surface area (Å²) in [6.07, 6.45) is 4.38. The fourth-order valence-corrected chi connectivity index (χ4v) is 3.10. The average molecular weight is 461 g/mol. The minimum absolute atomic E-state index is 0. The van der Waals surface area contributed by atoms with Gasteiger partial charge in [-0.2, -0.15) is 4.57 Å². The van der Waals surface area contributed by atoms with Crippen LogP contribution < -0.4 is 27.8 Å². The summed E-state index contributed by atoms with van der Waals surface area (Å²) in [5.41, 5.74) is 5.04. The summed E-state index contributed by atoms with van der Waals surface area (Å²) in [5.74, 6) is -1.85. The number of hydrogen-bond acceptors (Lipinski definition) is 7. The van der Waals surface area contributed by atoms with Crippen LogP contribution >= 0.6 is 11.3 Å². The molecule has 3 aromatic rings. The van der Waals surface area contributed by atoms with Crippen LogP contribution in [0, 0.1) is 0 Å². The van der Waals surface area contributed by atoms with Crippen LogP contribution in [0.5, 0.6) is 0 Å². The number of Topliss-reactive ketones (excluding diaryl/α,β-unsaturated/α-hetero) is 1. The number of carbonyl (C=O) groups is 4. The molecule has 0 radical (unpaired) electrons. The number of methoxy groups -OCH3 is 1. The van der Waals surface area contributed by atoms with E-state index < -0.39 is 17.8 Å². The van der Waals surface area contributed by atoms with E-state index in [2.05, 4.69) is 20.6 Å². The third kappa shape index (κ3) is 6.17. The van der Waals surface area contributed by atoms with E-state index in [1.54, 1.807) is 35.0 Å². The number of thiophene rings is 1. The van der Waals surface area contributed by atoms with Crippen molar-refractivity contribution in [2.24, 2.45) is 0 Å². The van der Waals surface area contributed by atoms with Crippen LogP contribution in [-0.4, -0.2) is 35.7 Å². The number of rotatable bonds is 6. The van der Waals surface area contributed by atoms with Gasteiger partial charge in [0.05, 0.1) is 17.6 Å². The molecule has 0 saturated heterocycles. The number of aromatic nitrogens is 2. The second kappa shape index (κ2) is 11.0. The summed E-state index contributed by atoms with van der Waals surface area (Å²) < 4.78 is 6.13. The Bertz CT molecular complexity index is 1090. The molecule has 3 rings (SSSR count). The van der Waals surface area contributed by atoms with Gasteiger partial charge < -0.3 is 17.1 Å². The van der Waals surface area contributed by atoms with Crippen molar-refractivity contribution >= 4 is 34.9 Å². The normalized spacial score (nSPS) is 9.84. The monoisotopic (exact) mass is 460 g/mol. The van der Waals surface area contributed by atoms with Crippen molar-refractivity contribution in [3.05, 3.63) is 82.1 Å². The topological polar surface area (TPSA) is 118 Å². The molecular weight excluding hydrogens is 444 g/mol. The molecule has 160 valence electrons. The fraction of sp³-hybridized carbons (Fsp3) is 0.100. The summed E-state index contributed by atoms with van der Waals surface area (Å²) >= 11 is 1.35. The molecule has 3 aromatic heterocycles. The predicted octanol–water partition coefficient (Wildman–Crippen LogP) is -1.82. The first kappa shape index (κ1) is 23.6. The summed E-state index contributed by atoms with van der Waals surface area (Å²) in [7, 11) is 1.23. The second-order valence-corrected chi connectivity index (χ2v) is 6.95. The molecule has 0 bridgehead atoms. The Labute approximate surface area is 187 Å². The summed E-state index contributed by atoms with van der Waals surface area (Å²) in [6.45, 7) is 0.0895. The van der Waals surface area contributed by atoms with Gasteiger partial charge in [0.1, 0.15) is 11.3 Å². The average Bonchev–Trinajstić information content (AvgIpc) is 3.32. The molecule has 0 aliphatic heterocycles. The van der Waals surface area contributed by atoms with Crippen molar-refractivity contribution in [1.29, 1.82) is 0 Å². The van der Waals surface area contributed by atoms with Crippen molar-refractivity contribution in [3.63, 3.8) is 0 Å². The highest BCUT2D eigenvalue weighted by atomic mass is 35.5. The first-order chi connectivity index (χ1) is 14.5. The lowest BCUT2D eigenvalue weighted by Gasteiger charge is -2.07. The molecule has 0 spiro atoms. The molecule has 31 heavy (non-hydrogen) atoms. The summed E-state index contributed by atoms with van der Waals surface area (Å²) in [5, 5.41) is 1.82. The molecule has 11 heteroatoms. The Morgan fingerprint density at radius 2 is 1.77 bits per heavy atom. The van der Waals surface area contributed by atoms with Gasteiger partial charge in [0.25, 0.3) is 11.8 Å². The zero-order valence-electron chi connectivity index (χ0n) is 16.2. The first-order valence-electron chi connectivity index (χ1n) is 8.69. The van der Waals surface area contributed by atoms with E-state index in [0.29, 0.717) is 4.88 Å². The molecule has 3 heterocycles. The van der Waals surface area contributed by atoms with Crippen molar-refractivity contribution in [2.75, 3.05) is 7.11 Å². The molecule has 2 N–H and O–H groups in total. The number of ether oxygens (including phenoxy) is 1. The molecule has 0 aliphatic rings. The lowest BCUT2D eigenvalue weighted by Crippen LogP contribution is -3.00. The number of carbonyl (C=O) groups excluding carboxylic acids is 4. The molecule has 0 saturated carbocycles. The van der Waals surface area contributed by atoms with Gasteiger partial charge in [-0.05, 0) is 29.6 Å². The molecule has 0 aromatic carbocycles. The number of nitrogens with zero attached hydrogens (tertiary/aromatic N) is 2. The zero-order valence-corrected chi connectivity index (χ0v) is 17.8. The Balaban J connectivity index is 0.00000341. The Morgan fingerprint density at radius 3 is 2.39 bits per heavy atom. The van der Waals surface area contributed by atoms with Gasteiger partial charge in [0.15, 0.2) is 12.4 Å². The number of halogens is 1. The summed E-state index contributed by atoms with van der Waals surface area (Å²) in [6, 6.07) is 9.45. The van der Waals surface area contributed by atoms with Crippen LogP contribution in [0.3, 0.4) is 0 Å². The molecular formula is C20H17ClN4O5S. The minimum atomic E-state index is -0.620. The minimum Gasteiger partial charge on any atom is -1.00 e. The Kier molecular flexibility index (Phi) is 8.35. The summed E-state index contributed by atoms with van der Waals surface area (Å²) in [4.78, 5) is 52.5. The van der Waals surface area contributed by atoms with Crippen LogP contribution in [0.4, 0.5) is 0 Å². The predicted molar refractivity (Wildman–Crippen MR) is 106 cm³/mol. The van der Waals surface area contributed by atoms with Crippen LogP contribution in [0.2, 0.25) is 0 Å². The van der Waals surface area contributed by atoms with Crippen molar-refractivity contribution in [2.45, 2.75) is 6.54 Å². The van der Waals surface area contributed by atoms with E-state index in [1.165, 1.54) is 43.0 Å². The van der Waals surface area contributed by atoms with Crippen LogP contribution in [0.15, 0.2) is 60.4 Å². The van der Waals surface area contributed by atoms with E-state index in [0.717, 1.165) is 0 Å². The number of nitrogens with one attached hydrogen (secondary N) is 2. The molecule has 2 amide bonds. The number of amides is 2. The number of pyridine rings is 2. The smallest absolute Gasteiger partial charge is 0.356 e. The van der Waals surface area contributed by atoms with Crippen molar-refractivity contribution in [1.82, 2.24) is 15.8 Å². The number of ketones is 1. The van der Waals surface area contributed by atoms with Gasteiger partial charge in [-0.1, -0.05) is 6.07 Å². The van der Waals surface area contributed by atoms with E-state index >= 15 is 0 Å². The van der Waals surface area contributed by atoms with E-state index in [9.17, 15) is 19.2 Å². The lowest BCUT2D eigenvalue weighted by atomic mass is 10.2. The van der Waals surface area contributed by atoms with Crippen LogP contribution in [-0.2, 0) is 11.3 Å². The highest BCUT2D eigenvalue weighted by Gasteiger charge is 2.17. The maximum Gasteiger partial charge on any atom is 0.356 e. The Hall–Kier alpha value is -3.63. The van der Waals surface area contributed by atoms with E-state index in [-0.39, 0.29) is 41.6 Å². The molecule has 0 fully saturated rings. The molecule has 0 unspecified atom stereocenters. The molecule has 9 nitrogen and oxygen atoms in total. The molecule has 0 atom stereocenters. The quantitative estimate of drug-likeness (QED) is 0.193. The highest BCUT2D eigenvalue weighted by Crippen LogP contribution is 2.09. The van der Waals surface area contributed by atoms with Gasteiger partial charge in [0.2, 0.25) is 12.3 Å². The first-order valence-corrected chi connectivity index (χ1v) is 9.57. The third-order valence-electron chi connectivity index (χ3n) is 3.95. The number of esters is 1. The second-order valence-electron chi connectivity index (χ2n) is 6.00. The maximum atomic E-state index is 12.3. The van der Waals surface area contributed by atoms with Gasteiger partial charge in [-0.3, -0.25) is 25.2 Å². The van der Waals surface area contributed by atoms with Gasteiger partial charge >= 0.3 is 5.97 Å². The van der Waals surface area contributed by atoms with E-state index in [4.69, 9.17) is 0 Å². The van der Waals surface area contributed by atoms with Gasteiger partial charge in [0, 0.05) is 12.3 Å². The van der Waals surface area contributed by atoms with Crippen LogP contribution in [0.1, 0.15) is 40.9 Å². The highest BCUT2D eigenvalue weighted by molar-refractivity contribution is 7.12.